The highest BCUT2D eigenvalue weighted by Crippen LogP contribution is 2.26. The van der Waals surface area contributed by atoms with Gasteiger partial charge >= 0.3 is 0 Å². The number of hydrogen-bond donors (Lipinski definition) is 1. The summed E-state index contributed by atoms with van der Waals surface area (Å²) in [5.41, 5.74) is 7.76. The van der Waals surface area contributed by atoms with Crippen molar-refractivity contribution in [3.05, 3.63) is 48.5 Å². The minimum Gasteiger partial charge on any atom is -0.397 e. The van der Waals surface area contributed by atoms with Gasteiger partial charge in [-0.05, 0) is 23.8 Å². The molecule has 0 aliphatic rings. The second-order valence-electron chi connectivity index (χ2n) is 3.06. The van der Waals surface area contributed by atoms with Gasteiger partial charge in [0, 0.05) is 29.2 Å². The van der Waals surface area contributed by atoms with Gasteiger partial charge in [-0.3, -0.25) is 9.97 Å². The van der Waals surface area contributed by atoms with Crippen molar-refractivity contribution in [2.24, 2.45) is 0 Å². The highest BCUT2D eigenvalue weighted by atomic mass is 32.2. The first-order valence-electron chi connectivity index (χ1n) is 4.57. The number of anilines is 1. The number of nitrogen functional groups attached to an aromatic ring is 1. The average molecular weight is 217 g/mol. The molecule has 0 atom stereocenters. The van der Waals surface area contributed by atoms with E-state index < -0.39 is 0 Å². The molecule has 0 fully saturated rings. The fraction of sp³-hybridized carbons (Fsp3) is 0.0909. The molecule has 0 unspecified atom stereocenters. The van der Waals surface area contributed by atoms with Crippen molar-refractivity contribution >= 4 is 17.4 Å². The van der Waals surface area contributed by atoms with Gasteiger partial charge in [-0.25, -0.2) is 0 Å². The third-order valence-corrected chi connectivity index (χ3v) is 3.11. The third kappa shape index (κ3) is 2.70. The van der Waals surface area contributed by atoms with Crippen molar-refractivity contribution in [3.63, 3.8) is 0 Å². The van der Waals surface area contributed by atoms with Crippen molar-refractivity contribution in [1.29, 1.82) is 0 Å². The fourth-order valence-electron chi connectivity index (χ4n) is 1.17. The molecular weight excluding hydrogens is 206 g/mol. The molecule has 3 nitrogen and oxygen atoms in total. The minimum atomic E-state index is 0.733. The van der Waals surface area contributed by atoms with Gasteiger partial charge in [-0.15, -0.1) is 11.8 Å². The Morgan fingerprint density at radius 2 is 1.80 bits per heavy atom. The van der Waals surface area contributed by atoms with Crippen molar-refractivity contribution < 1.29 is 0 Å². The molecule has 0 radical (unpaired) electrons. The van der Waals surface area contributed by atoms with Crippen LogP contribution in [0.3, 0.4) is 0 Å². The van der Waals surface area contributed by atoms with Crippen LogP contribution >= 0.6 is 11.8 Å². The van der Waals surface area contributed by atoms with Crippen molar-refractivity contribution in [3.8, 4) is 0 Å². The van der Waals surface area contributed by atoms with Gasteiger partial charge in [-0.2, -0.15) is 0 Å². The van der Waals surface area contributed by atoms with Crippen LogP contribution in [0.2, 0.25) is 0 Å². The Morgan fingerprint density at radius 1 is 1.07 bits per heavy atom. The summed E-state index contributed by atoms with van der Waals surface area (Å²) in [7, 11) is 0. The Kier molecular flexibility index (Phi) is 3.19. The zero-order valence-corrected chi connectivity index (χ0v) is 8.95. The molecule has 76 valence electrons. The van der Waals surface area contributed by atoms with Crippen LogP contribution in [0.25, 0.3) is 0 Å². The molecule has 2 aromatic heterocycles. The molecule has 0 aromatic carbocycles. The zero-order chi connectivity index (χ0) is 10.5. The van der Waals surface area contributed by atoms with E-state index >= 15 is 0 Å². The van der Waals surface area contributed by atoms with E-state index in [9.17, 15) is 0 Å². The van der Waals surface area contributed by atoms with E-state index in [1.54, 1.807) is 36.5 Å². The van der Waals surface area contributed by atoms with Crippen LogP contribution in [0.15, 0.2) is 47.9 Å². The Balaban J connectivity index is 2.03. The van der Waals surface area contributed by atoms with E-state index in [0.29, 0.717) is 0 Å². The van der Waals surface area contributed by atoms with Gasteiger partial charge in [0.2, 0.25) is 0 Å². The van der Waals surface area contributed by atoms with Crippen LogP contribution in [0.1, 0.15) is 5.56 Å². The molecule has 15 heavy (non-hydrogen) atoms. The Morgan fingerprint density at radius 3 is 2.53 bits per heavy atom. The SMILES string of the molecule is Nc1cnccc1SCc1ccncc1. The average Bonchev–Trinajstić information content (AvgIpc) is 2.29. The summed E-state index contributed by atoms with van der Waals surface area (Å²) in [6.07, 6.45) is 7.03. The fourth-order valence-corrected chi connectivity index (χ4v) is 2.06. The molecule has 2 rings (SSSR count). The number of rotatable bonds is 3. The number of nitrogens with two attached hydrogens (primary N) is 1. The lowest BCUT2D eigenvalue weighted by atomic mass is 10.3. The second-order valence-corrected chi connectivity index (χ2v) is 4.07. The Bertz CT molecular complexity index is 431. The summed E-state index contributed by atoms with van der Waals surface area (Å²) in [5.74, 6) is 0.900. The topological polar surface area (TPSA) is 51.8 Å². The van der Waals surface area contributed by atoms with Crippen molar-refractivity contribution in [2.45, 2.75) is 10.6 Å². The highest BCUT2D eigenvalue weighted by molar-refractivity contribution is 7.98. The lowest BCUT2D eigenvalue weighted by Gasteiger charge is -2.03. The van der Waals surface area contributed by atoms with Crippen LogP contribution in [0.5, 0.6) is 0 Å². The number of hydrogen-bond acceptors (Lipinski definition) is 4. The van der Waals surface area contributed by atoms with Crippen LogP contribution < -0.4 is 5.73 Å². The second kappa shape index (κ2) is 4.79. The van der Waals surface area contributed by atoms with Crippen molar-refractivity contribution in [1.82, 2.24) is 9.97 Å². The van der Waals surface area contributed by atoms with Gasteiger partial charge in [-0.1, -0.05) is 0 Å². The molecule has 0 amide bonds. The first-order valence-corrected chi connectivity index (χ1v) is 5.56. The molecule has 0 aliphatic heterocycles. The summed E-state index contributed by atoms with van der Waals surface area (Å²) in [4.78, 5) is 9.00. The number of pyridine rings is 2. The van der Waals surface area contributed by atoms with Gasteiger partial charge < -0.3 is 5.73 Å². The summed E-state index contributed by atoms with van der Waals surface area (Å²) in [6, 6.07) is 5.94. The maximum Gasteiger partial charge on any atom is 0.0638 e. The molecule has 0 spiro atoms. The predicted molar refractivity (Wildman–Crippen MR) is 62.4 cm³/mol. The van der Waals surface area contributed by atoms with Gasteiger partial charge in [0.1, 0.15) is 0 Å². The monoisotopic (exact) mass is 217 g/mol. The molecule has 0 saturated heterocycles. The maximum absolute atomic E-state index is 5.79. The van der Waals surface area contributed by atoms with Crippen LogP contribution in [0.4, 0.5) is 5.69 Å². The van der Waals surface area contributed by atoms with E-state index in [1.165, 1.54) is 5.56 Å². The van der Waals surface area contributed by atoms with Gasteiger partial charge in [0.25, 0.3) is 0 Å². The zero-order valence-electron chi connectivity index (χ0n) is 8.13. The summed E-state index contributed by atoms with van der Waals surface area (Å²) in [6.45, 7) is 0. The summed E-state index contributed by atoms with van der Waals surface area (Å²) < 4.78 is 0. The highest BCUT2D eigenvalue weighted by Gasteiger charge is 1.99. The molecule has 2 heterocycles. The summed E-state index contributed by atoms with van der Waals surface area (Å²) >= 11 is 1.71. The standard InChI is InChI=1S/C11H11N3S/c12-10-7-14-6-3-11(10)15-8-9-1-4-13-5-2-9/h1-7H,8,12H2. The van der Waals surface area contributed by atoms with Crippen molar-refractivity contribution in [2.75, 3.05) is 5.73 Å². The molecule has 4 heteroatoms. The summed E-state index contributed by atoms with van der Waals surface area (Å²) in [5, 5.41) is 0. The maximum atomic E-state index is 5.79. The first kappa shape index (κ1) is 9.98. The van der Waals surface area contributed by atoms with Gasteiger partial charge in [0.15, 0.2) is 0 Å². The molecule has 0 aliphatic carbocycles. The van der Waals surface area contributed by atoms with E-state index in [1.807, 2.05) is 18.2 Å². The van der Waals surface area contributed by atoms with E-state index in [4.69, 9.17) is 5.73 Å². The minimum absolute atomic E-state index is 0.733. The van der Waals surface area contributed by atoms with E-state index in [2.05, 4.69) is 9.97 Å². The van der Waals surface area contributed by atoms with E-state index in [0.717, 1.165) is 16.3 Å². The lowest BCUT2D eigenvalue weighted by Crippen LogP contribution is -1.89. The van der Waals surface area contributed by atoms with E-state index in [-0.39, 0.29) is 0 Å². The third-order valence-electron chi connectivity index (χ3n) is 1.95. The van der Waals surface area contributed by atoms with Crippen LogP contribution in [-0.4, -0.2) is 9.97 Å². The molecule has 0 bridgehead atoms. The predicted octanol–water partition coefficient (Wildman–Crippen LogP) is 2.35. The normalized spacial score (nSPS) is 10.1. The lowest BCUT2D eigenvalue weighted by molar-refractivity contribution is 1.25. The van der Waals surface area contributed by atoms with Gasteiger partial charge in [0.05, 0.1) is 11.9 Å². The number of aromatic nitrogens is 2. The molecule has 2 N–H and O–H groups in total. The largest absolute Gasteiger partial charge is 0.397 e. The Hall–Kier alpha value is -1.55. The molecular formula is C11H11N3S. The quantitative estimate of drug-likeness (QED) is 0.802. The molecule has 2 aromatic rings. The molecule has 0 saturated carbocycles. The Labute approximate surface area is 92.8 Å². The smallest absolute Gasteiger partial charge is 0.0638 e. The number of nitrogens with zero attached hydrogens (tertiary/aromatic N) is 2. The van der Waals surface area contributed by atoms with Crippen LogP contribution in [0, 0.1) is 0 Å². The first-order chi connectivity index (χ1) is 7.36. The van der Waals surface area contributed by atoms with Crippen LogP contribution in [-0.2, 0) is 5.75 Å². The number of thioether (sulfide) groups is 1.